The zero-order valence-electron chi connectivity index (χ0n) is 16.3. The van der Waals surface area contributed by atoms with E-state index in [-0.39, 0.29) is 17.8 Å². The van der Waals surface area contributed by atoms with E-state index in [9.17, 15) is 9.59 Å². The van der Waals surface area contributed by atoms with Gasteiger partial charge in [-0.3, -0.25) is 4.79 Å². The van der Waals surface area contributed by atoms with Crippen LogP contribution in [0.25, 0.3) is 5.69 Å². The lowest BCUT2D eigenvalue weighted by Crippen LogP contribution is -2.51. The number of ketones is 1. The SMILES string of the molecule is Cc1ccnn1-c1ccc(C(=O)OCC(=O)C23CC4CC(CC(C4)C2)C3)cc1. The molecule has 2 aromatic rings. The molecule has 5 heteroatoms. The molecule has 0 atom stereocenters. The fourth-order valence-corrected chi connectivity index (χ4v) is 6.20. The standard InChI is InChI=1S/C23H26N2O3/c1-15-6-7-24-25(15)20-4-2-19(3-5-20)22(27)28-14-21(26)23-11-16-8-17(12-23)10-18(9-16)13-23/h2-7,16-18H,8-14H2,1H3. The summed E-state index contributed by atoms with van der Waals surface area (Å²) in [5.41, 5.74) is 2.17. The lowest BCUT2D eigenvalue weighted by molar-refractivity contribution is -0.147. The van der Waals surface area contributed by atoms with Crippen LogP contribution in [0.1, 0.15) is 54.6 Å². The Morgan fingerprint density at radius 2 is 1.64 bits per heavy atom. The zero-order chi connectivity index (χ0) is 19.3. The number of carbonyl (C=O) groups is 2. The highest BCUT2D eigenvalue weighted by molar-refractivity contribution is 5.93. The van der Waals surface area contributed by atoms with Crippen LogP contribution < -0.4 is 0 Å². The van der Waals surface area contributed by atoms with Gasteiger partial charge in [0.25, 0.3) is 0 Å². The third-order valence-corrected chi connectivity index (χ3v) is 7.14. The fourth-order valence-electron chi connectivity index (χ4n) is 6.20. The van der Waals surface area contributed by atoms with Crippen molar-refractivity contribution in [1.29, 1.82) is 0 Å². The first-order chi connectivity index (χ1) is 13.5. The minimum absolute atomic E-state index is 0.0923. The third kappa shape index (κ3) is 2.97. The summed E-state index contributed by atoms with van der Waals surface area (Å²) in [5.74, 6) is 1.85. The number of hydrogen-bond donors (Lipinski definition) is 0. The summed E-state index contributed by atoms with van der Waals surface area (Å²) in [4.78, 5) is 25.4. The van der Waals surface area contributed by atoms with Crippen LogP contribution in [0.5, 0.6) is 0 Å². The summed E-state index contributed by atoms with van der Waals surface area (Å²) >= 11 is 0. The molecule has 4 aliphatic rings. The van der Waals surface area contributed by atoms with Crippen LogP contribution in [0.15, 0.2) is 36.5 Å². The van der Waals surface area contributed by atoms with E-state index in [0.29, 0.717) is 23.3 Å². The Hall–Kier alpha value is -2.43. The van der Waals surface area contributed by atoms with E-state index < -0.39 is 5.97 Å². The highest BCUT2D eigenvalue weighted by Gasteiger charge is 2.54. The van der Waals surface area contributed by atoms with Gasteiger partial charge in [0, 0.05) is 17.3 Å². The second-order valence-electron chi connectivity index (χ2n) is 9.13. The number of rotatable bonds is 5. The minimum Gasteiger partial charge on any atom is -0.454 e. The lowest BCUT2D eigenvalue weighted by atomic mass is 9.48. The van der Waals surface area contributed by atoms with Crippen LogP contribution >= 0.6 is 0 Å². The number of nitrogens with zero attached hydrogens (tertiary/aromatic N) is 2. The third-order valence-electron chi connectivity index (χ3n) is 7.14. The van der Waals surface area contributed by atoms with Crippen LogP contribution in [0, 0.1) is 30.1 Å². The molecular formula is C23H26N2O3. The van der Waals surface area contributed by atoms with Gasteiger partial charge in [0.15, 0.2) is 12.4 Å². The Kier molecular flexibility index (Phi) is 4.14. The summed E-state index contributed by atoms with van der Waals surface area (Å²) in [5, 5.41) is 4.27. The van der Waals surface area contributed by atoms with Crippen molar-refractivity contribution in [3.8, 4) is 5.69 Å². The normalized spacial score (nSPS) is 30.4. The van der Waals surface area contributed by atoms with Crippen molar-refractivity contribution in [3.63, 3.8) is 0 Å². The fraction of sp³-hybridized carbons (Fsp3) is 0.522. The van der Waals surface area contributed by atoms with Crippen LogP contribution in [0.2, 0.25) is 0 Å². The molecule has 4 bridgehead atoms. The molecule has 6 rings (SSSR count). The molecule has 0 unspecified atom stereocenters. The Morgan fingerprint density at radius 1 is 1.04 bits per heavy atom. The number of aromatic nitrogens is 2. The number of hydrogen-bond acceptors (Lipinski definition) is 4. The summed E-state index contributed by atoms with van der Waals surface area (Å²) < 4.78 is 7.23. The van der Waals surface area contributed by atoms with E-state index >= 15 is 0 Å². The molecule has 1 aromatic heterocycles. The van der Waals surface area contributed by atoms with Gasteiger partial charge in [-0.15, -0.1) is 0 Å². The van der Waals surface area contributed by atoms with E-state index in [1.165, 1.54) is 19.3 Å². The average Bonchev–Trinajstić information content (AvgIpc) is 3.11. The van der Waals surface area contributed by atoms with Crippen molar-refractivity contribution in [2.45, 2.75) is 45.4 Å². The number of Topliss-reactive ketones (excluding diaryl/α,β-unsaturated/α-hetero) is 1. The van der Waals surface area contributed by atoms with E-state index in [0.717, 1.165) is 30.6 Å². The summed E-state index contributed by atoms with van der Waals surface area (Å²) in [7, 11) is 0. The maximum Gasteiger partial charge on any atom is 0.338 e. The number of aryl methyl sites for hydroxylation is 1. The van der Waals surface area contributed by atoms with Crippen molar-refractivity contribution < 1.29 is 14.3 Å². The summed E-state index contributed by atoms with van der Waals surface area (Å²) in [6, 6.07) is 9.08. The van der Waals surface area contributed by atoms with Gasteiger partial charge in [0.05, 0.1) is 11.3 Å². The van der Waals surface area contributed by atoms with Gasteiger partial charge in [0.1, 0.15) is 0 Å². The first-order valence-electron chi connectivity index (χ1n) is 10.3. The molecule has 5 nitrogen and oxygen atoms in total. The van der Waals surface area contributed by atoms with Crippen molar-refractivity contribution in [2.75, 3.05) is 6.61 Å². The molecule has 0 aliphatic heterocycles. The molecule has 4 fully saturated rings. The number of ether oxygens (including phenoxy) is 1. The van der Waals surface area contributed by atoms with Gasteiger partial charge in [-0.2, -0.15) is 5.10 Å². The summed E-state index contributed by atoms with van der Waals surface area (Å²) in [6.07, 6.45) is 8.67. The molecular weight excluding hydrogens is 352 g/mol. The minimum atomic E-state index is -0.429. The van der Waals surface area contributed by atoms with E-state index in [2.05, 4.69) is 5.10 Å². The van der Waals surface area contributed by atoms with Gasteiger partial charge in [-0.05, 0) is 93.5 Å². The second-order valence-corrected chi connectivity index (χ2v) is 9.13. The van der Waals surface area contributed by atoms with Crippen molar-refractivity contribution in [1.82, 2.24) is 9.78 Å². The molecule has 4 saturated carbocycles. The largest absolute Gasteiger partial charge is 0.454 e. The van der Waals surface area contributed by atoms with Gasteiger partial charge in [0.2, 0.25) is 0 Å². The smallest absolute Gasteiger partial charge is 0.338 e. The zero-order valence-corrected chi connectivity index (χ0v) is 16.3. The molecule has 1 aromatic carbocycles. The number of carbonyl (C=O) groups excluding carboxylic acids is 2. The van der Waals surface area contributed by atoms with E-state index in [1.807, 2.05) is 29.8 Å². The molecule has 0 radical (unpaired) electrons. The van der Waals surface area contributed by atoms with Gasteiger partial charge in [-0.1, -0.05) is 0 Å². The van der Waals surface area contributed by atoms with Gasteiger partial charge < -0.3 is 4.74 Å². The maximum absolute atomic E-state index is 13.0. The second kappa shape index (κ2) is 6.57. The van der Waals surface area contributed by atoms with Crippen LogP contribution in [-0.4, -0.2) is 28.1 Å². The molecule has 146 valence electrons. The van der Waals surface area contributed by atoms with Crippen LogP contribution in [0.3, 0.4) is 0 Å². The maximum atomic E-state index is 13.0. The number of esters is 1. The van der Waals surface area contributed by atoms with E-state index in [4.69, 9.17) is 4.74 Å². The molecule has 0 spiro atoms. The van der Waals surface area contributed by atoms with Gasteiger partial charge in [-0.25, -0.2) is 9.48 Å². The quantitative estimate of drug-likeness (QED) is 0.734. The Morgan fingerprint density at radius 3 is 2.18 bits per heavy atom. The Bertz CT molecular complexity index is 877. The monoisotopic (exact) mass is 378 g/mol. The molecule has 0 saturated heterocycles. The predicted octanol–water partition coefficient (Wildman–Crippen LogP) is 4.12. The molecule has 0 amide bonds. The number of benzene rings is 1. The highest BCUT2D eigenvalue weighted by atomic mass is 16.5. The highest BCUT2D eigenvalue weighted by Crippen LogP contribution is 2.60. The summed E-state index contributed by atoms with van der Waals surface area (Å²) in [6.45, 7) is 1.89. The topological polar surface area (TPSA) is 61.2 Å². The van der Waals surface area contributed by atoms with Crippen molar-refractivity contribution >= 4 is 11.8 Å². The first kappa shape index (κ1) is 17.7. The molecule has 0 N–H and O–H groups in total. The van der Waals surface area contributed by atoms with Crippen LogP contribution in [-0.2, 0) is 9.53 Å². The predicted molar refractivity (Wildman–Crippen MR) is 104 cm³/mol. The molecule has 1 heterocycles. The lowest BCUT2D eigenvalue weighted by Gasteiger charge is -2.55. The molecule has 28 heavy (non-hydrogen) atoms. The Balaban J connectivity index is 1.23. The van der Waals surface area contributed by atoms with Crippen molar-refractivity contribution in [2.24, 2.45) is 23.2 Å². The Labute approximate surface area is 165 Å². The van der Waals surface area contributed by atoms with E-state index in [1.54, 1.807) is 18.3 Å². The van der Waals surface area contributed by atoms with Crippen LogP contribution in [0.4, 0.5) is 0 Å². The van der Waals surface area contributed by atoms with Crippen molar-refractivity contribution in [3.05, 3.63) is 47.8 Å². The molecule has 4 aliphatic carbocycles. The van der Waals surface area contributed by atoms with Gasteiger partial charge >= 0.3 is 5.97 Å². The first-order valence-corrected chi connectivity index (χ1v) is 10.3. The average molecular weight is 378 g/mol.